The first kappa shape index (κ1) is 22.8. The molecule has 1 atom stereocenters. The zero-order valence-corrected chi connectivity index (χ0v) is 18.2. The lowest BCUT2D eigenvalue weighted by Gasteiger charge is -2.13. The van der Waals surface area contributed by atoms with Crippen molar-refractivity contribution in [3.63, 3.8) is 0 Å². The number of ether oxygens (including phenoxy) is 1. The highest BCUT2D eigenvalue weighted by atomic mass is 32.1. The summed E-state index contributed by atoms with van der Waals surface area (Å²) in [6, 6.07) is 9.03. The molecule has 0 aliphatic carbocycles. The molecule has 0 bridgehead atoms. The van der Waals surface area contributed by atoms with E-state index in [9.17, 15) is 18.7 Å². The number of hydrogen-bond acceptors (Lipinski definition) is 7. The lowest BCUT2D eigenvalue weighted by Crippen LogP contribution is -2.21. The molecule has 8 nitrogen and oxygen atoms in total. The Bertz CT molecular complexity index is 1290. The number of aromatic amines is 1. The number of benzene rings is 2. The molecule has 1 amide bonds. The molecular weight excluding hydrogens is 454 g/mol. The summed E-state index contributed by atoms with van der Waals surface area (Å²) in [5.41, 5.74) is 0.955. The van der Waals surface area contributed by atoms with Crippen molar-refractivity contribution in [3.05, 3.63) is 58.6 Å². The van der Waals surface area contributed by atoms with E-state index >= 15 is 0 Å². The number of imidazole rings is 1. The summed E-state index contributed by atoms with van der Waals surface area (Å²) in [5, 5.41) is 21.4. The van der Waals surface area contributed by atoms with E-state index in [1.54, 1.807) is 24.4 Å². The van der Waals surface area contributed by atoms with Crippen LogP contribution in [0.4, 0.5) is 13.9 Å². The number of fused-ring (bicyclic) bond motifs is 1. The van der Waals surface area contributed by atoms with Gasteiger partial charge in [0.1, 0.15) is 29.8 Å². The maximum Gasteiger partial charge on any atom is 0.264 e. The van der Waals surface area contributed by atoms with Crippen molar-refractivity contribution in [2.75, 3.05) is 18.5 Å². The van der Waals surface area contributed by atoms with E-state index in [1.165, 1.54) is 23.5 Å². The minimum Gasteiger partial charge on any atom is -0.491 e. The fraction of sp³-hybridized carbons (Fsp3) is 0.227. The number of aliphatic hydroxyl groups is 2. The number of carbonyl (C=O) groups is 1. The largest absolute Gasteiger partial charge is 0.491 e. The number of aliphatic hydroxyl groups excluding tert-OH is 2. The van der Waals surface area contributed by atoms with Crippen LogP contribution in [-0.4, -0.2) is 50.4 Å². The molecule has 2 heterocycles. The number of thiazole rings is 1. The van der Waals surface area contributed by atoms with Gasteiger partial charge >= 0.3 is 0 Å². The lowest BCUT2D eigenvalue weighted by molar-refractivity contribution is 0.0534. The smallest absolute Gasteiger partial charge is 0.264 e. The van der Waals surface area contributed by atoms with Crippen molar-refractivity contribution < 1.29 is 28.5 Å². The van der Waals surface area contributed by atoms with Crippen molar-refractivity contribution in [1.29, 1.82) is 0 Å². The number of anilines is 1. The fourth-order valence-electron chi connectivity index (χ4n) is 3.19. The summed E-state index contributed by atoms with van der Waals surface area (Å²) in [5.74, 6) is -0.114. The van der Waals surface area contributed by atoms with Gasteiger partial charge in [0.05, 0.1) is 17.7 Å². The minimum atomic E-state index is -2.82. The molecule has 4 rings (SSSR count). The molecule has 0 saturated heterocycles. The summed E-state index contributed by atoms with van der Waals surface area (Å²) in [4.78, 5) is 25.3. The van der Waals surface area contributed by atoms with Gasteiger partial charge in [0, 0.05) is 22.2 Å². The fourth-order valence-corrected chi connectivity index (χ4v) is 3.85. The van der Waals surface area contributed by atoms with E-state index in [1.807, 2.05) is 6.92 Å². The maximum absolute atomic E-state index is 13.8. The number of hydrogen-bond donors (Lipinski definition) is 4. The van der Waals surface area contributed by atoms with Crippen LogP contribution in [0.15, 0.2) is 42.6 Å². The van der Waals surface area contributed by atoms with Gasteiger partial charge in [-0.15, -0.1) is 11.3 Å². The van der Waals surface area contributed by atoms with Crippen molar-refractivity contribution in [1.82, 2.24) is 15.0 Å². The predicted molar refractivity (Wildman–Crippen MR) is 120 cm³/mol. The van der Waals surface area contributed by atoms with Gasteiger partial charge in [0.2, 0.25) is 0 Å². The minimum absolute atomic E-state index is 0.122. The second-order valence-electron chi connectivity index (χ2n) is 7.21. The number of aryl methyl sites for hydroxylation is 1. The molecule has 4 aromatic rings. The number of nitrogens with one attached hydrogen (secondary N) is 2. The Morgan fingerprint density at radius 2 is 2.12 bits per heavy atom. The second kappa shape index (κ2) is 9.61. The molecule has 4 N–H and O–H groups in total. The van der Waals surface area contributed by atoms with Crippen LogP contribution in [0.5, 0.6) is 5.75 Å². The third-order valence-electron chi connectivity index (χ3n) is 4.77. The zero-order chi connectivity index (χ0) is 23.5. The number of H-pyrrole nitrogens is 1. The summed E-state index contributed by atoms with van der Waals surface area (Å²) in [6.45, 7) is 1.14. The summed E-state index contributed by atoms with van der Waals surface area (Å²) in [7, 11) is 0. The van der Waals surface area contributed by atoms with Gasteiger partial charge in [0.15, 0.2) is 5.13 Å². The molecule has 0 aliphatic rings. The molecule has 0 aliphatic heterocycles. The first-order valence-electron chi connectivity index (χ1n) is 9.92. The lowest BCUT2D eigenvalue weighted by atomic mass is 10.1. The predicted octanol–water partition coefficient (Wildman–Crippen LogP) is 3.92. The van der Waals surface area contributed by atoms with Gasteiger partial charge < -0.3 is 19.9 Å². The summed E-state index contributed by atoms with van der Waals surface area (Å²) < 4.78 is 32.9. The van der Waals surface area contributed by atoms with E-state index in [0.29, 0.717) is 16.2 Å². The first-order chi connectivity index (χ1) is 15.9. The van der Waals surface area contributed by atoms with E-state index < -0.39 is 25.0 Å². The van der Waals surface area contributed by atoms with Crippen LogP contribution < -0.4 is 10.1 Å². The van der Waals surface area contributed by atoms with Crippen LogP contribution >= 0.6 is 11.3 Å². The highest BCUT2D eigenvalue weighted by molar-refractivity contribution is 7.15. The third kappa shape index (κ3) is 5.00. The average Bonchev–Trinajstić information content (AvgIpc) is 3.42. The highest BCUT2D eigenvalue weighted by Crippen LogP contribution is 2.34. The average molecular weight is 474 g/mol. The third-order valence-corrected chi connectivity index (χ3v) is 5.59. The van der Waals surface area contributed by atoms with Gasteiger partial charge in [-0.1, -0.05) is 6.07 Å². The Labute approximate surface area is 190 Å². The number of aromatic nitrogens is 3. The number of nitrogens with zero attached hydrogens (tertiary/aromatic N) is 2. The van der Waals surface area contributed by atoms with Gasteiger partial charge in [-0.3, -0.25) is 10.1 Å². The van der Waals surface area contributed by atoms with Crippen LogP contribution in [-0.2, 0) is 0 Å². The Hall–Kier alpha value is -3.41. The number of amides is 1. The Kier molecular flexibility index (Phi) is 6.63. The summed E-state index contributed by atoms with van der Waals surface area (Å²) >= 11 is 1.34. The van der Waals surface area contributed by atoms with Crippen LogP contribution in [0.25, 0.3) is 22.4 Å². The molecule has 0 unspecified atom stereocenters. The molecule has 2 aromatic carbocycles. The van der Waals surface area contributed by atoms with Gasteiger partial charge in [0.25, 0.3) is 12.3 Å². The molecule has 0 spiro atoms. The number of carbonyl (C=O) groups excluding carboxylic acids is 1. The summed E-state index contributed by atoms with van der Waals surface area (Å²) in [6.07, 6.45) is -2.29. The topological polar surface area (TPSA) is 120 Å². The van der Waals surface area contributed by atoms with E-state index in [2.05, 4.69) is 20.3 Å². The molecule has 0 saturated carbocycles. The van der Waals surface area contributed by atoms with Crippen molar-refractivity contribution >= 4 is 33.4 Å². The first-order valence-corrected chi connectivity index (χ1v) is 10.7. The number of para-hydroxylation sites is 1. The molecule has 0 radical (unpaired) electrons. The Balaban J connectivity index is 1.67. The maximum atomic E-state index is 13.8. The monoisotopic (exact) mass is 474 g/mol. The van der Waals surface area contributed by atoms with Crippen LogP contribution in [0.3, 0.4) is 0 Å². The Morgan fingerprint density at radius 1 is 1.30 bits per heavy atom. The van der Waals surface area contributed by atoms with Crippen molar-refractivity contribution in [2.24, 2.45) is 0 Å². The Morgan fingerprint density at radius 3 is 2.82 bits per heavy atom. The number of rotatable bonds is 8. The molecular formula is C22H20F2N4O4S. The van der Waals surface area contributed by atoms with E-state index in [0.717, 1.165) is 10.9 Å². The van der Waals surface area contributed by atoms with Crippen LogP contribution in [0.1, 0.15) is 27.2 Å². The van der Waals surface area contributed by atoms with Crippen LogP contribution in [0, 0.1) is 6.92 Å². The zero-order valence-electron chi connectivity index (χ0n) is 17.4. The van der Waals surface area contributed by atoms with Gasteiger partial charge in [-0.05, 0) is 37.3 Å². The number of alkyl halides is 2. The SMILES string of the molecule is Cc1cnc(NC(=O)c2cccc3[nH]c(-c4ccc(OC[C@@H](O)CO)cc4C(F)F)nc23)s1. The second-order valence-corrected chi connectivity index (χ2v) is 8.45. The normalized spacial score (nSPS) is 12.3. The molecule has 2 aromatic heterocycles. The molecule has 11 heteroatoms. The standard InChI is InChI=1S/C22H20F2N4O4S/c1-11-8-25-22(33-11)28-21(31)15-3-2-4-17-18(15)27-20(26-17)14-6-5-13(7-16(14)19(23)24)32-10-12(30)9-29/h2-8,12,19,29-30H,9-10H2,1H3,(H,26,27)(H,25,28,31)/t12-/m0/s1. The molecule has 172 valence electrons. The highest BCUT2D eigenvalue weighted by Gasteiger charge is 2.21. The molecule has 33 heavy (non-hydrogen) atoms. The van der Waals surface area contributed by atoms with Crippen LogP contribution in [0.2, 0.25) is 0 Å². The number of halogens is 2. The van der Waals surface area contributed by atoms with Crippen molar-refractivity contribution in [2.45, 2.75) is 19.5 Å². The van der Waals surface area contributed by atoms with Crippen molar-refractivity contribution in [3.8, 4) is 17.1 Å². The van der Waals surface area contributed by atoms with Gasteiger partial charge in [-0.25, -0.2) is 18.7 Å². The van der Waals surface area contributed by atoms with E-state index in [-0.39, 0.29) is 34.9 Å². The molecule has 0 fully saturated rings. The quantitative estimate of drug-likeness (QED) is 0.307. The van der Waals surface area contributed by atoms with Gasteiger partial charge in [-0.2, -0.15) is 0 Å². The van der Waals surface area contributed by atoms with E-state index in [4.69, 9.17) is 9.84 Å².